The van der Waals surface area contributed by atoms with E-state index in [1.165, 1.54) is 23.1 Å². The second kappa shape index (κ2) is 15.3. The Morgan fingerprint density at radius 2 is 1.43 bits per heavy atom. The van der Waals surface area contributed by atoms with Gasteiger partial charge >= 0.3 is 6.18 Å². The van der Waals surface area contributed by atoms with Gasteiger partial charge in [0.15, 0.2) is 0 Å². The zero-order chi connectivity index (χ0) is 34.2. The molecule has 2 amide bonds. The van der Waals surface area contributed by atoms with Gasteiger partial charge in [-0.2, -0.15) is 13.2 Å². The molecule has 0 aliphatic carbocycles. The lowest BCUT2D eigenvalue weighted by Crippen LogP contribution is -2.54. The second-order valence-electron chi connectivity index (χ2n) is 11.4. The van der Waals surface area contributed by atoms with Crippen LogP contribution in [0.5, 0.6) is 0 Å². The van der Waals surface area contributed by atoms with Crippen molar-refractivity contribution in [1.82, 2.24) is 10.2 Å². The van der Waals surface area contributed by atoms with Gasteiger partial charge in [-0.1, -0.05) is 91.3 Å². The van der Waals surface area contributed by atoms with E-state index in [-0.39, 0.29) is 29.6 Å². The summed E-state index contributed by atoms with van der Waals surface area (Å²) in [4.78, 5) is 29.4. The van der Waals surface area contributed by atoms with E-state index in [2.05, 4.69) is 5.32 Å². The average molecular weight is 666 g/mol. The molecule has 1 N–H and O–H groups in total. The van der Waals surface area contributed by atoms with Crippen molar-refractivity contribution in [3.05, 3.63) is 131 Å². The Morgan fingerprint density at radius 1 is 0.830 bits per heavy atom. The molecule has 4 aromatic rings. The van der Waals surface area contributed by atoms with Gasteiger partial charge in [-0.15, -0.1) is 0 Å². The first-order valence-electron chi connectivity index (χ1n) is 15.2. The van der Waals surface area contributed by atoms with E-state index in [4.69, 9.17) is 0 Å². The summed E-state index contributed by atoms with van der Waals surface area (Å²) in [7, 11) is -4.54. The highest BCUT2D eigenvalue weighted by atomic mass is 32.2. The molecule has 0 aliphatic heterocycles. The monoisotopic (exact) mass is 665 g/mol. The summed E-state index contributed by atoms with van der Waals surface area (Å²) in [5.74, 6) is -1.19. The number of aryl methyl sites for hydroxylation is 1. The number of benzene rings is 4. The van der Waals surface area contributed by atoms with Gasteiger partial charge in [0.05, 0.1) is 16.1 Å². The van der Waals surface area contributed by atoms with Gasteiger partial charge in [-0.3, -0.25) is 13.9 Å². The summed E-state index contributed by atoms with van der Waals surface area (Å²) >= 11 is 0. The van der Waals surface area contributed by atoms with E-state index in [1.807, 2.05) is 44.2 Å². The molecule has 4 rings (SSSR count). The first-order valence-corrected chi connectivity index (χ1v) is 16.7. The van der Waals surface area contributed by atoms with Crippen molar-refractivity contribution in [2.45, 2.75) is 63.3 Å². The number of sulfonamides is 1. The fourth-order valence-electron chi connectivity index (χ4n) is 4.98. The number of hydrogen-bond acceptors (Lipinski definition) is 4. The molecular weight excluding hydrogens is 627 g/mol. The number of nitrogens with one attached hydrogen (secondary N) is 1. The van der Waals surface area contributed by atoms with Gasteiger partial charge in [-0.25, -0.2) is 8.42 Å². The summed E-state index contributed by atoms with van der Waals surface area (Å²) in [6.45, 7) is 4.61. The number of hydrogen-bond donors (Lipinski definition) is 1. The van der Waals surface area contributed by atoms with Gasteiger partial charge in [0, 0.05) is 19.0 Å². The van der Waals surface area contributed by atoms with Crippen LogP contribution in [0.2, 0.25) is 0 Å². The summed E-state index contributed by atoms with van der Waals surface area (Å²) in [6.07, 6.45) is -4.00. The minimum absolute atomic E-state index is 0.0495. The molecule has 0 heterocycles. The van der Waals surface area contributed by atoms with Crippen LogP contribution in [0.3, 0.4) is 0 Å². The molecule has 0 fully saturated rings. The lowest BCUT2D eigenvalue weighted by Gasteiger charge is -2.34. The number of nitrogens with zero attached hydrogens (tertiary/aromatic N) is 2. The van der Waals surface area contributed by atoms with Crippen LogP contribution in [0.15, 0.2) is 114 Å². The zero-order valence-electron chi connectivity index (χ0n) is 26.4. The van der Waals surface area contributed by atoms with Gasteiger partial charge < -0.3 is 10.2 Å². The third-order valence-electron chi connectivity index (χ3n) is 7.82. The van der Waals surface area contributed by atoms with Crippen LogP contribution < -0.4 is 9.62 Å². The maximum atomic E-state index is 14.5. The molecule has 248 valence electrons. The number of alkyl halides is 3. The summed E-state index contributed by atoms with van der Waals surface area (Å²) in [5.41, 5.74) is 0.822. The molecule has 7 nitrogen and oxygen atoms in total. The molecule has 0 aliphatic rings. The topological polar surface area (TPSA) is 86.8 Å². The minimum atomic E-state index is -4.76. The first kappa shape index (κ1) is 35.2. The quantitative estimate of drug-likeness (QED) is 0.171. The van der Waals surface area contributed by atoms with Crippen LogP contribution in [0.25, 0.3) is 0 Å². The van der Waals surface area contributed by atoms with Gasteiger partial charge in [0.2, 0.25) is 11.8 Å². The van der Waals surface area contributed by atoms with Gasteiger partial charge in [0.1, 0.15) is 12.6 Å². The van der Waals surface area contributed by atoms with E-state index >= 15 is 0 Å². The SMILES string of the molecule is CC[C@H](C)NC(=O)[C@@H](Cc1ccccc1)N(Cc1ccccc1)C(=O)CN(c1cccc(C(F)(F)F)c1)S(=O)(=O)c1ccc(C)cc1. The number of amides is 2. The Balaban J connectivity index is 1.83. The second-order valence-corrected chi connectivity index (χ2v) is 13.3. The normalized spacial score (nSPS) is 13.0. The molecule has 0 bridgehead atoms. The third kappa shape index (κ3) is 9.22. The van der Waals surface area contributed by atoms with Crippen molar-refractivity contribution in [1.29, 1.82) is 0 Å². The molecule has 2 atom stereocenters. The molecule has 4 aromatic carbocycles. The number of carbonyl (C=O) groups excluding carboxylic acids is 2. The van der Waals surface area contributed by atoms with Crippen molar-refractivity contribution in [3.8, 4) is 0 Å². The van der Waals surface area contributed by atoms with Crippen LogP contribution in [-0.2, 0) is 38.8 Å². The van der Waals surface area contributed by atoms with E-state index in [1.54, 1.807) is 49.4 Å². The molecule has 0 saturated carbocycles. The van der Waals surface area contributed by atoms with E-state index in [0.717, 1.165) is 23.3 Å². The van der Waals surface area contributed by atoms with Crippen LogP contribution >= 0.6 is 0 Å². The first-order chi connectivity index (χ1) is 22.3. The third-order valence-corrected chi connectivity index (χ3v) is 9.61. The Hall–Kier alpha value is -4.64. The zero-order valence-corrected chi connectivity index (χ0v) is 27.3. The van der Waals surface area contributed by atoms with Crippen molar-refractivity contribution in [3.63, 3.8) is 0 Å². The predicted octanol–water partition coefficient (Wildman–Crippen LogP) is 6.76. The lowest BCUT2D eigenvalue weighted by molar-refractivity contribution is -0.140. The summed E-state index contributed by atoms with van der Waals surface area (Å²) < 4.78 is 70.2. The Bertz CT molecular complexity index is 1750. The summed E-state index contributed by atoms with van der Waals surface area (Å²) in [6, 6.07) is 26.4. The maximum Gasteiger partial charge on any atom is 0.416 e. The fourth-order valence-corrected chi connectivity index (χ4v) is 6.38. The van der Waals surface area contributed by atoms with E-state index in [0.29, 0.717) is 22.4 Å². The molecule has 11 heteroatoms. The Kier molecular flexibility index (Phi) is 11.5. The van der Waals surface area contributed by atoms with E-state index in [9.17, 15) is 31.2 Å². The minimum Gasteiger partial charge on any atom is -0.352 e. The fraction of sp³-hybridized carbons (Fsp3) is 0.278. The standard InChI is InChI=1S/C36H38F3N3O4S/c1-4-27(3)40-35(44)33(22-28-12-7-5-8-13-28)41(24-29-14-9-6-10-15-29)34(43)25-42(31-17-11-16-30(23-31)36(37,38)39)47(45,46)32-20-18-26(2)19-21-32/h5-21,23,27,33H,4,22,24-25H2,1-3H3,(H,40,44)/t27-,33+/m0/s1. The highest BCUT2D eigenvalue weighted by Gasteiger charge is 2.36. The van der Waals surface area contributed by atoms with Gasteiger partial charge in [0.25, 0.3) is 10.0 Å². The van der Waals surface area contributed by atoms with Crippen LogP contribution in [0.1, 0.15) is 42.5 Å². The number of anilines is 1. The highest BCUT2D eigenvalue weighted by Crippen LogP contribution is 2.33. The Labute approximate surface area is 274 Å². The summed E-state index contributed by atoms with van der Waals surface area (Å²) in [5, 5.41) is 2.95. The molecule has 0 aromatic heterocycles. The van der Waals surface area contributed by atoms with Crippen molar-refractivity contribution < 1.29 is 31.2 Å². The Morgan fingerprint density at radius 3 is 2.00 bits per heavy atom. The number of carbonyl (C=O) groups is 2. The number of rotatable bonds is 13. The van der Waals surface area contributed by atoms with E-state index < -0.39 is 46.2 Å². The molecule has 0 unspecified atom stereocenters. The van der Waals surface area contributed by atoms with Gasteiger partial charge in [-0.05, 0) is 61.7 Å². The smallest absolute Gasteiger partial charge is 0.352 e. The van der Waals surface area contributed by atoms with Crippen LogP contribution in [-0.4, -0.2) is 43.8 Å². The van der Waals surface area contributed by atoms with Crippen molar-refractivity contribution in [2.24, 2.45) is 0 Å². The highest BCUT2D eigenvalue weighted by molar-refractivity contribution is 7.92. The lowest BCUT2D eigenvalue weighted by atomic mass is 10.0. The molecule has 0 radical (unpaired) electrons. The van der Waals surface area contributed by atoms with Crippen LogP contribution in [0.4, 0.5) is 18.9 Å². The molecule has 0 saturated heterocycles. The van der Waals surface area contributed by atoms with Crippen molar-refractivity contribution in [2.75, 3.05) is 10.8 Å². The largest absolute Gasteiger partial charge is 0.416 e. The predicted molar refractivity (Wildman–Crippen MR) is 176 cm³/mol. The van der Waals surface area contributed by atoms with Crippen molar-refractivity contribution >= 4 is 27.5 Å². The molecule has 0 spiro atoms. The molecule has 47 heavy (non-hydrogen) atoms. The number of halogens is 3. The molecular formula is C36H38F3N3O4S. The van der Waals surface area contributed by atoms with Crippen LogP contribution in [0, 0.1) is 6.92 Å². The maximum absolute atomic E-state index is 14.5. The average Bonchev–Trinajstić information content (AvgIpc) is 3.05.